The first-order valence-electron chi connectivity index (χ1n) is 4.76. The molecule has 17 heavy (non-hydrogen) atoms. The van der Waals surface area contributed by atoms with E-state index in [1.807, 2.05) is 0 Å². The third-order valence-corrected chi connectivity index (χ3v) is 2.46. The van der Waals surface area contributed by atoms with Crippen LogP contribution in [0.25, 0.3) is 11.3 Å². The molecule has 0 spiro atoms. The van der Waals surface area contributed by atoms with Gasteiger partial charge in [0.1, 0.15) is 0 Å². The Morgan fingerprint density at radius 2 is 1.82 bits per heavy atom. The van der Waals surface area contributed by atoms with E-state index >= 15 is 0 Å². The number of halogens is 4. The summed E-state index contributed by atoms with van der Waals surface area (Å²) in [6, 6.07) is 8.46. The topological polar surface area (TPSA) is 12.9 Å². The van der Waals surface area contributed by atoms with Crippen LogP contribution in [0.15, 0.2) is 42.6 Å². The zero-order valence-corrected chi connectivity index (χ0v) is 9.26. The average molecular weight is 258 g/mol. The Morgan fingerprint density at radius 1 is 1.06 bits per heavy atom. The fraction of sp³-hybridized carbons (Fsp3) is 0.0833. The van der Waals surface area contributed by atoms with Crippen LogP contribution in [0.3, 0.4) is 0 Å². The van der Waals surface area contributed by atoms with E-state index in [2.05, 4.69) is 4.98 Å². The Kier molecular flexibility index (Phi) is 3.07. The van der Waals surface area contributed by atoms with Crippen molar-refractivity contribution in [1.29, 1.82) is 0 Å². The molecule has 0 aliphatic heterocycles. The van der Waals surface area contributed by atoms with Crippen molar-refractivity contribution in [2.75, 3.05) is 0 Å². The van der Waals surface area contributed by atoms with E-state index in [0.717, 1.165) is 6.07 Å². The van der Waals surface area contributed by atoms with Crippen LogP contribution in [0, 0.1) is 0 Å². The first-order chi connectivity index (χ1) is 7.98. The quantitative estimate of drug-likeness (QED) is 0.737. The predicted molar refractivity (Wildman–Crippen MR) is 59.7 cm³/mol. The van der Waals surface area contributed by atoms with Crippen LogP contribution < -0.4 is 0 Å². The molecule has 1 aromatic heterocycles. The molecule has 0 saturated heterocycles. The molecule has 0 aliphatic rings. The largest absolute Gasteiger partial charge is 0.417 e. The number of pyridine rings is 1. The van der Waals surface area contributed by atoms with Crippen molar-refractivity contribution in [2.45, 2.75) is 6.18 Å². The highest BCUT2D eigenvalue weighted by Crippen LogP contribution is 2.37. The molecule has 0 unspecified atom stereocenters. The molecule has 0 bridgehead atoms. The molecular weight excluding hydrogens is 251 g/mol. The molecule has 1 aromatic carbocycles. The first kappa shape index (κ1) is 11.9. The zero-order chi connectivity index (χ0) is 12.5. The second-order valence-electron chi connectivity index (χ2n) is 3.40. The van der Waals surface area contributed by atoms with Gasteiger partial charge in [-0.2, -0.15) is 13.2 Å². The van der Waals surface area contributed by atoms with Gasteiger partial charge in [-0.1, -0.05) is 23.7 Å². The highest BCUT2D eigenvalue weighted by Gasteiger charge is 2.34. The molecule has 1 heterocycles. The van der Waals surface area contributed by atoms with Crippen LogP contribution in [0.5, 0.6) is 0 Å². The van der Waals surface area contributed by atoms with Crippen molar-refractivity contribution in [1.82, 2.24) is 4.98 Å². The average Bonchev–Trinajstić information content (AvgIpc) is 2.29. The van der Waals surface area contributed by atoms with Crippen LogP contribution in [-0.2, 0) is 6.18 Å². The Hall–Kier alpha value is -1.55. The smallest absolute Gasteiger partial charge is 0.256 e. The lowest BCUT2D eigenvalue weighted by atomic mass is 10.0. The second-order valence-corrected chi connectivity index (χ2v) is 3.84. The molecule has 88 valence electrons. The standard InChI is InChI=1S/C12H7ClF3N/c13-8-4-5-9(10(7-8)12(14,15)16)11-3-1-2-6-17-11/h1-7H. The number of rotatable bonds is 1. The first-order valence-corrected chi connectivity index (χ1v) is 5.14. The van der Waals surface area contributed by atoms with Gasteiger partial charge in [0.15, 0.2) is 0 Å². The van der Waals surface area contributed by atoms with Crippen LogP contribution in [-0.4, -0.2) is 4.98 Å². The summed E-state index contributed by atoms with van der Waals surface area (Å²) >= 11 is 5.59. The summed E-state index contributed by atoms with van der Waals surface area (Å²) in [5, 5.41) is 0.0528. The van der Waals surface area contributed by atoms with E-state index in [1.54, 1.807) is 12.1 Å². The molecule has 0 saturated carbocycles. The SMILES string of the molecule is FC(F)(F)c1cc(Cl)ccc1-c1ccccn1. The number of aromatic nitrogens is 1. The fourth-order valence-corrected chi connectivity index (χ4v) is 1.67. The van der Waals surface area contributed by atoms with E-state index < -0.39 is 11.7 Å². The molecule has 0 aliphatic carbocycles. The molecule has 1 nitrogen and oxygen atoms in total. The van der Waals surface area contributed by atoms with Gasteiger partial charge in [-0.25, -0.2) is 0 Å². The van der Waals surface area contributed by atoms with Gasteiger partial charge in [0.2, 0.25) is 0 Å². The third kappa shape index (κ3) is 2.58. The Morgan fingerprint density at radius 3 is 2.41 bits per heavy atom. The Balaban J connectivity index is 2.63. The lowest BCUT2D eigenvalue weighted by molar-refractivity contribution is -0.137. The van der Waals surface area contributed by atoms with Gasteiger partial charge in [-0.05, 0) is 24.3 Å². The van der Waals surface area contributed by atoms with Crippen molar-refractivity contribution in [3.05, 3.63) is 53.2 Å². The summed E-state index contributed by atoms with van der Waals surface area (Å²) in [7, 11) is 0. The zero-order valence-electron chi connectivity index (χ0n) is 8.50. The Bertz CT molecular complexity index is 523. The van der Waals surface area contributed by atoms with Gasteiger partial charge in [0.05, 0.1) is 11.3 Å². The summed E-state index contributed by atoms with van der Waals surface area (Å²) in [4.78, 5) is 3.91. The minimum Gasteiger partial charge on any atom is -0.256 e. The van der Waals surface area contributed by atoms with Gasteiger partial charge in [-0.3, -0.25) is 4.98 Å². The highest BCUT2D eigenvalue weighted by molar-refractivity contribution is 6.30. The monoisotopic (exact) mass is 257 g/mol. The van der Waals surface area contributed by atoms with E-state index in [9.17, 15) is 13.2 Å². The molecule has 0 amide bonds. The van der Waals surface area contributed by atoms with Gasteiger partial charge >= 0.3 is 6.18 Å². The van der Waals surface area contributed by atoms with E-state index in [-0.39, 0.29) is 16.3 Å². The van der Waals surface area contributed by atoms with Crippen molar-refractivity contribution < 1.29 is 13.2 Å². The molecule has 0 atom stereocenters. The molecule has 2 aromatic rings. The summed E-state index contributed by atoms with van der Waals surface area (Å²) in [6.45, 7) is 0. The van der Waals surface area contributed by atoms with E-state index in [1.165, 1.54) is 24.4 Å². The lowest BCUT2D eigenvalue weighted by Crippen LogP contribution is -2.07. The van der Waals surface area contributed by atoms with Gasteiger partial charge in [0, 0.05) is 16.8 Å². The minimum absolute atomic E-state index is 0.0301. The number of hydrogen-bond acceptors (Lipinski definition) is 1. The number of alkyl halides is 3. The molecule has 0 N–H and O–H groups in total. The minimum atomic E-state index is -4.45. The predicted octanol–water partition coefficient (Wildman–Crippen LogP) is 4.42. The molecule has 5 heteroatoms. The van der Waals surface area contributed by atoms with E-state index in [4.69, 9.17) is 11.6 Å². The lowest BCUT2D eigenvalue weighted by Gasteiger charge is -2.12. The van der Waals surface area contributed by atoms with Crippen LogP contribution in [0.2, 0.25) is 5.02 Å². The van der Waals surface area contributed by atoms with Crippen molar-refractivity contribution in [3.8, 4) is 11.3 Å². The maximum absolute atomic E-state index is 12.8. The van der Waals surface area contributed by atoms with Crippen LogP contribution in [0.4, 0.5) is 13.2 Å². The number of hydrogen-bond donors (Lipinski definition) is 0. The number of benzene rings is 1. The van der Waals surface area contributed by atoms with Gasteiger partial charge < -0.3 is 0 Å². The molecule has 2 rings (SSSR count). The summed E-state index contributed by atoms with van der Waals surface area (Å²) in [5.74, 6) is 0. The summed E-state index contributed by atoms with van der Waals surface area (Å²) in [5.41, 5.74) is -0.470. The van der Waals surface area contributed by atoms with Crippen molar-refractivity contribution >= 4 is 11.6 Å². The van der Waals surface area contributed by atoms with Gasteiger partial charge in [-0.15, -0.1) is 0 Å². The summed E-state index contributed by atoms with van der Waals surface area (Å²) in [6.07, 6.45) is -3.00. The second kappa shape index (κ2) is 4.37. The van der Waals surface area contributed by atoms with E-state index in [0.29, 0.717) is 0 Å². The maximum atomic E-state index is 12.8. The number of nitrogens with zero attached hydrogens (tertiary/aromatic N) is 1. The van der Waals surface area contributed by atoms with Gasteiger partial charge in [0.25, 0.3) is 0 Å². The highest BCUT2D eigenvalue weighted by atomic mass is 35.5. The summed E-state index contributed by atoms with van der Waals surface area (Å²) < 4.78 is 38.5. The molecule has 0 radical (unpaired) electrons. The Labute approximate surface area is 101 Å². The molecule has 0 fully saturated rings. The third-order valence-electron chi connectivity index (χ3n) is 2.23. The normalized spacial score (nSPS) is 11.5. The maximum Gasteiger partial charge on any atom is 0.417 e. The van der Waals surface area contributed by atoms with Crippen LogP contribution >= 0.6 is 11.6 Å². The van der Waals surface area contributed by atoms with Crippen LogP contribution in [0.1, 0.15) is 5.56 Å². The van der Waals surface area contributed by atoms with Crippen molar-refractivity contribution in [2.24, 2.45) is 0 Å². The fourth-order valence-electron chi connectivity index (χ4n) is 1.50. The van der Waals surface area contributed by atoms with Crippen molar-refractivity contribution in [3.63, 3.8) is 0 Å². The molecular formula is C12H7ClF3N.